The van der Waals surface area contributed by atoms with E-state index < -0.39 is 0 Å². The van der Waals surface area contributed by atoms with E-state index in [9.17, 15) is 8.78 Å². The van der Waals surface area contributed by atoms with Crippen LogP contribution in [-0.4, -0.2) is 13.1 Å². The first-order valence-corrected chi connectivity index (χ1v) is 6.50. The molecule has 0 radical (unpaired) electrons. The van der Waals surface area contributed by atoms with Gasteiger partial charge < -0.3 is 10.6 Å². The van der Waals surface area contributed by atoms with Crippen LogP contribution in [0.15, 0.2) is 42.5 Å². The van der Waals surface area contributed by atoms with Gasteiger partial charge in [0.15, 0.2) is 0 Å². The Hall–Kier alpha value is -1.94. The van der Waals surface area contributed by atoms with Gasteiger partial charge in [-0.15, -0.1) is 0 Å². The second-order valence-corrected chi connectivity index (χ2v) is 4.99. The van der Waals surface area contributed by atoms with Crippen molar-refractivity contribution < 1.29 is 8.78 Å². The molecule has 0 fully saturated rings. The molecule has 0 aromatic heterocycles. The summed E-state index contributed by atoms with van der Waals surface area (Å²) in [4.78, 5) is 1.83. The van der Waals surface area contributed by atoms with Crippen molar-refractivity contribution in [2.45, 2.75) is 19.4 Å². The van der Waals surface area contributed by atoms with Crippen LogP contribution in [0, 0.1) is 11.6 Å². The van der Waals surface area contributed by atoms with Crippen LogP contribution in [0.25, 0.3) is 0 Å². The van der Waals surface area contributed by atoms with Crippen molar-refractivity contribution in [3.63, 3.8) is 0 Å². The summed E-state index contributed by atoms with van der Waals surface area (Å²) in [6.45, 7) is 1.87. The third-order valence-corrected chi connectivity index (χ3v) is 3.14. The number of anilines is 2. The molecule has 2 nitrogen and oxygen atoms in total. The van der Waals surface area contributed by atoms with Crippen LogP contribution in [0.1, 0.15) is 12.5 Å². The summed E-state index contributed by atoms with van der Waals surface area (Å²) in [5.74, 6) is -0.595. The Morgan fingerprint density at radius 2 is 1.80 bits per heavy atom. The van der Waals surface area contributed by atoms with Crippen molar-refractivity contribution in [2.24, 2.45) is 5.73 Å². The lowest BCUT2D eigenvalue weighted by Crippen LogP contribution is -2.20. The van der Waals surface area contributed by atoms with Gasteiger partial charge in [0.2, 0.25) is 0 Å². The minimum Gasteiger partial charge on any atom is -0.344 e. The summed E-state index contributed by atoms with van der Waals surface area (Å²) in [7, 11) is 1.83. The lowest BCUT2D eigenvalue weighted by Gasteiger charge is -2.23. The quantitative estimate of drug-likeness (QED) is 0.924. The third-order valence-electron chi connectivity index (χ3n) is 3.14. The van der Waals surface area contributed by atoms with Gasteiger partial charge in [0.05, 0.1) is 0 Å². The fourth-order valence-electron chi connectivity index (χ4n) is 2.22. The Morgan fingerprint density at radius 3 is 2.45 bits per heavy atom. The summed E-state index contributed by atoms with van der Waals surface area (Å²) < 4.78 is 26.7. The Balaban J connectivity index is 2.40. The van der Waals surface area contributed by atoms with Crippen molar-refractivity contribution in [1.29, 1.82) is 0 Å². The zero-order valence-corrected chi connectivity index (χ0v) is 11.6. The van der Waals surface area contributed by atoms with Gasteiger partial charge in [-0.05, 0) is 55.3 Å². The van der Waals surface area contributed by atoms with Gasteiger partial charge in [0.1, 0.15) is 11.6 Å². The van der Waals surface area contributed by atoms with Gasteiger partial charge in [-0.2, -0.15) is 0 Å². The Kier molecular flexibility index (Phi) is 4.35. The van der Waals surface area contributed by atoms with Crippen LogP contribution in [0.2, 0.25) is 0 Å². The van der Waals surface area contributed by atoms with E-state index in [1.54, 1.807) is 12.1 Å². The van der Waals surface area contributed by atoms with E-state index in [4.69, 9.17) is 5.73 Å². The van der Waals surface area contributed by atoms with Gasteiger partial charge in [0.25, 0.3) is 0 Å². The average Bonchev–Trinajstić information content (AvgIpc) is 2.37. The molecule has 0 saturated heterocycles. The van der Waals surface area contributed by atoms with Crippen molar-refractivity contribution in [1.82, 2.24) is 0 Å². The average molecular weight is 276 g/mol. The van der Waals surface area contributed by atoms with Crippen LogP contribution in [0.5, 0.6) is 0 Å². The highest BCUT2D eigenvalue weighted by molar-refractivity contribution is 5.66. The van der Waals surface area contributed by atoms with Gasteiger partial charge in [-0.3, -0.25) is 0 Å². The van der Waals surface area contributed by atoms with Crippen LogP contribution in [0.3, 0.4) is 0 Å². The van der Waals surface area contributed by atoms with E-state index in [-0.39, 0.29) is 17.7 Å². The molecule has 106 valence electrons. The van der Waals surface area contributed by atoms with E-state index in [0.29, 0.717) is 12.1 Å². The first-order chi connectivity index (χ1) is 9.47. The van der Waals surface area contributed by atoms with Crippen LogP contribution in [0.4, 0.5) is 20.2 Å². The number of nitrogens with two attached hydrogens (primary N) is 1. The predicted molar refractivity (Wildman–Crippen MR) is 78.2 cm³/mol. The van der Waals surface area contributed by atoms with Gasteiger partial charge in [0, 0.05) is 24.5 Å². The summed E-state index contributed by atoms with van der Waals surface area (Å²) >= 11 is 0. The third kappa shape index (κ3) is 3.33. The van der Waals surface area contributed by atoms with Crippen LogP contribution >= 0.6 is 0 Å². The second-order valence-electron chi connectivity index (χ2n) is 4.99. The molecule has 20 heavy (non-hydrogen) atoms. The fraction of sp³-hybridized carbons (Fsp3) is 0.250. The summed E-state index contributed by atoms with van der Waals surface area (Å²) in [5.41, 5.74) is 8.16. The predicted octanol–water partition coefficient (Wildman–Crippen LogP) is 3.62. The Labute approximate surface area is 117 Å². The lowest BCUT2D eigenvalue weighted by atomic mass is 10.0. The maximum atomic E-state index is 13.4. The fourth-order valence-corrected chi connectivity index (χ4v) is 2.22. The summed E-state index contributed by atoms with van der Waals surface area (Å²) in [6.07, 6.45) is 0.562. The maximum Gasteiger partial charge on any atom is 0.125 e. The second kappa shape index (κ2) is 6.01. The molecule has 2 rings (SSSR count). The van der Waals surface area contributed by atoms with Crippen molar-refractivity contribution in [2.75, 3.05) is 11.9 Å². The molecule has 4 heteroatoms. The molecule has 0 heterocycles. The van der Waals surface area contributed by atoms with E-state index in [1.165, 1.54) is 24.3 Å². The molecule has 0 amide bonds. The SMILES string of the molecule is CC(N)Cc1cc(F)ccc1N(C)c1cccc(F)c1. The van der Waals surface area contributed by atoms with Crippen molar-refractivity contribution in [3.05, 3.63) is 59.7 Å². The normalized spacial score (nSPS) is 12.2. The molecule has 0 aliphatic rings. The van der Waals surface area contributed by atoms with E-state index >= 15 is 0 Å². The topological polar surface area (TPSA) is 29.3 Å². The van der Waals surface area contributed by atoms with Crippen molar-refractivity contribution in [3.8, 4) is 0 Å². The zero-order chi connectivity index (χ0) is 14.7. The number of hydrogen-bond acceptors (Lipinski definition) is 2. The molecule has 0 aliphatic heterocycles. The highest BCUT2D eigenvalue weighted by atomic mass is 19.1. The first-order valence-electron chi connectivity index (χ1n) is 6.50. The first kappa shape index (κ1) is 14.5. The molecule has 2 aromatic carbocycles. The number of benzene rings is 2. The smallest absolute Gasteiger partial charge is 0.125 e. The van der Waals surface area contributed by atoms with Gasteiger partial charge in [-0.25, -0.2) is 8.78 Å². The minimum absolute atomic E-state index is 0.0727. The number of nitrogens with zero attached hydrogens (tertiary/aromatic N) is 1. The number of halogens is 2. The van der Waals surface area contributed by atoms with Crippen LogP contribution in [-0.2, 0) is 6.42 Å². The monoisotopic (exact) mass is 276 g/mol. The zero-order valence-electron chi connectivity index (χ0n) is 11.6. The largest absolute Gasteiger partial charge is 0.344 e. The minimum atomic E-state index is -0.301. The molecule has 2 N–H and O–H groups in total. The number of hydrogen-bond donors (Lipinski definition) is 1. The maximum absolute atomic E-state index is 13.4. The van der Waals surface area contributed by atoms with Crippen LogP contribution < -0.4 is 10.6 Å². The Morgan fingerprint density at radius 1 is 1.10 bits per heavy atom. The molecular formula is C16H18F2N2. The van der Waals surface area contributed by atoms with E-state index in [1.807, 2.05) is 24.9 Å². The highest BCUT2D eigenvalue weighted by Crippen LogP contribution is 2.28. The molecule has 2 aromatic rings. The molecule has 0 spiro atoms. The molecule has 1 atom stereocenters. The van der Waals surface area contributed by atoms with Gasteiger partial charge >= 0.3 is 0 Å². The van der Waals surface area contributed by atoms with Gasteiger partial charge in [-0.1, -0.05) is 6.07 Å². The molecule has 0 saturated carbocycles. The number of rotatable bonds is 4. The Bertz CT molecular complexity index is 597. The van der Waals surface area contributed by atoms with Crippen molar-refractivity contribution >= 4 is 11.4 Å². The highest BCUT2D eigenvalue weighted by Gasteiger charge is 2.12. The molecule has 0 bridgehead atoms. The summed E-state index contributed by atoms with van der Waals surface area (Å²) in [5, 5.41) is 0. The molecule has 0 aliphatic carbocycles. The standard InChI is InChI=1S/C16H18F2N2/c1-11(19)8-12-9-14(18)6-7-16(12)20(2)15-5-3-4-13(17)10-15/h3-7,9-11H,8,19H2,1-2H3. The van der Waals surface area contributed by atoms with E-state index in [0.717, 1.165) is 11.3 Å². The summed E-state index contributed by atoms with van der Waals surface area (Å²) in [6, 6.07) is 10.8. The van der Waals surface area contributed by atoms with E-state index in [2.05, 4.69) is 0 Å². The lowest BCUT2D eigenvalue weighted by molar-refractivity contribution is 0.622. The molecule has 1 unspecified atom stereocenters. The molecular weight excluding hydrogens is 258 g/mol.